The van der Waals surface area contributed by atoms with E-state index in [9.17, 15) is 9.18 Å². The molecule has 0 aromatic heterocycles. The van der Waals surface area contributed by atoms with Crippen LogP contribution in [0.15, 0.2) is 18.2 Å². The Bertz CT molecular complexity index is 391. The van der Waals surface area contributed by atoms with Crippen LogP contribution >= 0.6 is 0 Å². The van der Waals surface area contributed by atoms with E-state index in [-0.39, 0.29) is 11.6 Å². The van der Waals surface area contributed by atoms with Gasteiger partial charge in [-0.25, -0.2) is 4.39 Å². The average molecular weight is 192 g/mol. The van der Waals surface area contributed by atoms with Gasteiger partial charge in [0.2, 0.25) is 0 Å². The van der Waals surface area contributed by atoms with Gasteiger partial charge in [0.05, 0.1) is 5.41 Å². The number of carbonyl (C=O) groups excluding carboxylic acids is 1. The van der Waals surface area contributed by atoms with Gasteiger partial charge in [0.15, 0.2) is 0 Å². The molecule has 0 atom stereocenters. The van der Waals surface area contributed by atoms with Crippen molar-refractivity contribution in [2.75, 3.05) is 0 Å². The van der Waals surface area contributed by atoms with Crippen LogP contribution in [-0.2, 0) is 10.2 Å². The standard InChI is InChI=1S/C12H13FO/c1-8-3-4-11(13)10(7-8)12(5-6-12)9(2)14/h3-4,7H,5-6H2,1-2H3. The molecule has 1 saturated carbocycles. The first kappa shape index (κ1) is 9.38. The number of carbonyl (C=O) groups is 1. The Labute approximate surface area is 82.9 Å². The summed E-state index contributed by atoms with van der Waals surface area (Å²) in [4.78, 5) is 11.4. The number of rotatable bonds is 2. The lowest BCUT2D eigenvalue weighted by atomic mass is 9.90. The second kappa shape index (κ2) is 2.91. The molecule has 0 heterocycles. The summed E-state index contributed by atoms with van der Waals surface area (Å²) in [5.41, 5.74) is 1.11. The monoisotopic (exact) mass is 192 g/mol. The van der Waals surface area contributed by atoms with Crippen molar-refractivity contribution in [2.24, 2.45) is 0 Å². The molecule has 1 fully saturated rings. The molecule has 0 N–H and O–H groups in total. The number of aryl methyl sites for hydroxylation is 1. The Morgan fingerprint density at radius 2 is 2.07 bits per heavy atom. The molecule has 2 rings (SSSR count). The molecule has 1 aliphatic carbocycles. The van der Waals surface area contributed by atoms with Crippen LogP contribution in [0.2, 0.25) is 0 Å². The molecule has 0 spiro atoms. The lowest BCUT2D eigenvalue weighted by Crippen LogP contribution is -2.18. The summed E-state index contributed by atoms with van der Waals surface area (Å²) in [6, 6.07) is 4.98. The van der Waals surface area contributed by atoms with Gasteiger partial charge < -0.3 is 0 Å². The van der Waals surface area contributed by atoms with Gasteiger partial charge >= 0.3 is 0 Å². The van der Waals surface area contributed by atoms with Crippen molar-refractivity contribution in [1.82, 2.24) is 0 Å². The highest BCUT2D eigenvalue weighted by molar-refractivity contribution is 5.91. The third-order valence-corrected chi connectivity index (χ3v) is 3.06. The largest absolute Gasteiger partial charge is 0.299 e. The highest BCUT2D eigenvalue weighted by Gasteiger charge is 2.50. The Balaban J connectivity index is 2.51. The number of benzene rings is 1. The minimum atomic E-state index is -0.490. The van der Waals surface area contributed by atoms with Crippen LogP contribution in [0.25, 0.3) is 0 Å². The van der Waals surface area contributed by atoms with Crippen molar-refractivity contribution >= 4 is 5.78 Å². The highest BCUT2D eigenvalue weighted by atomic mass is 19.1. The van der Waals surface area contributed by atoms with Crippen molar-refractivity contribution in [1.29, 1.82) is 0 Å². The zero-order valence-electron chi connectivity index (χ0n) is 8.43. The van der Waals surface area contributed by atoms with Gasteiger partial charge in [0.1, 0.15) is 11.6 Å². The van der Waals surface area contributed by atoms with E-state index in [0.717, 1.165) is 18.4 Å². The lowest BCUT2D eigenvalue weighted by Gasteiger charge is -2.13. The summed E-state index contributed by atoms with van der Waals surface area (Å²) in [7, 11) is 0. The van der Waals surface area contributed by atoms with E-state index in [1.165, 1.54) is 6.07 Å². The summed E-state index contributed by atoms with van der Waals surface area (Å²) in [5, 5.41) is 0. The maximum atomic E-state index is 13.5. The molecule has 2 heteroatoms. The molecular formula is C12H13FO. The summed E-state index contributed by atoms with van der Waals surface area (Å²) in [6.07, 6.45) is 1.59. The van der Waals surface area contributed by atoms with E-state index in [0.29, 0.717) is 5.56 Å². The zero-order chi connectivity index (χ0) is 10.3. The fraction of sp³-hybridized carbons (Fsp3) is 0.417. The fourth-order valence-corrected chi connectivity index (χ4v) is 1.94. The smallest absolute Gasteiger partial charge is 0.140 e. The molecule has 0 radical (unpaired) electrons. The van der Waals surface area contributed by atoms with Gasteiger partial charge in [-0.05, 0) is 32.8 Å². The van der Waals surface area contributed by atoms with E-state index in [2.05, 4.69) is 0 Å². The first-order valence-electron chi connectivity index (χ1n) is 4.84. The predicted octanol–water partition coefficient (Wildman–Crippen LogP) is 2.75. The Kier molecular flexibility index (Phi) is 1.95. The first-order valence-corrected chi connectivity index (χ1v) is 4.84. The quantitative estimate of drug-likeness (QED) is 0.704. The number of hydrogen-bond donors (Lipinski definition) is 0. The van der Waals surface area contributed by atoms with Crippen molar-refractivity contribution in [2.45, 2.75) is 32.1 Å². The van der Waals surface area contributed by atoms with Crippen molar-refractivity contribution in [3.8, 4) is 0 Å². The van der Waals surface area contributed by atoms with Crippen LogP contribution in [-0.4, -0.2) is 5.78 Å². The molecule has 0 bridgehead atoms. The second-order valence-corrected chi connectivity index (χ2v) is 4.12. The van der Waals surface area contributed by atoms with E-state index < -0.39 is 5.41 Å². The SMILES string of the molecule is CC(=O)C1(c2cc(C)ccc2F)CC1. The molecule has 0 aliphatic heterocycles. The number of halogens is 1. The van der Waals surface area contributed by atoms with Crippen molar-refractivity contribution in [3.05, 3.63) is 35.1 Å². The van der Waals surface area contributed by atoms with E-state index in [1.807, 2.05) is 6.92 Å². The number of ketones is 1. The van der Waals surface area contributed by atoms with Crippen LogP contribution in [0.4, 0.5) is 4.39 Å². The Morgan fingerprint density at radius 1 is 1.43 bits per heavy atom. The normalized spacial score (nSPS) is 17.9. The fourth-order valence-electron chi connectivity index (χ4n) is 1.94. The molecule has 74 valence electrons. The van der Waals surface area contributed by atoms with Crippen molar-refractivity contribution in [3.63, 3.8) is 0 Å². The average Bonchev–Trinajstić information content (AvgIpc) is 2.90. The molecule has 0 unspecified atom stereocenters. The molecular weight excluding hydrogens is 179 g/mol. The maximum absolute atomic E-state index is 13.5. The lowest BCUT2D eigenvalue weighted by molar-refractivity contribution is -0.119. The van der Waals surface area contributed by atoms with E-state index in [1.54, 1.807) is 19.1 Å². The topological polar surface area (TPSA) is 17.1 Å². The first-order chi connectivity index (χ1) is 6.56. The van der Waals surface area contributed by atoms with Gasteiger partial charge in [-0.15, -0.1) is 0 Å². The van der Waals surface area contributed by atoms with Crippen molar-refractivity contribution < 1.29 is 9.18 Å². The molecule has 1 aromatic carbocycles. The minimum absolute atomic E-state index is 0.0852. The summed E-state index contributed by atoms with van der Waals surface area (Å²) < 4.78 is 13.5. The van der Waals surface area contributed by atoms with E-state index >= 15 is 0 Å². The Hall–Kier alpha value is -1.18. The van der Waals surface area contributed by atoms with Crippen LogP contribution in [0.5, 0.6) is 0 Å². The predicted molar refractivity (Wildman–Crippen MR) is 52.7 cm³/mol. The summed E-state index contributed by atoms with van der Waals surface area (Å²) in [5.74, 6) is -0.162. The molecule has 1 nitrogen and oxygen atoms in total. The van der Waals surface area contributed by atoms with Crippen LogP contribution in [0.3, 0.4) is 0 Å². The van der Waals surface area contributed by atoms with Gasteiger partial charge in [-0.2, -0.15) is 0 Å². The molecule has 0 saturated heterocycles. The minimum Gasteiger partial charge on any atom is -0.299 e. The summed E-state index contributed by atoms with van der Waals surface area (Å²) in [6.45, 7) is 3.47. The van der Waals surface area contributed by atoms with Gasteiger partial charge in [0.25, 0.3) is 0 Å². The second-order valence-electron chi connectivity index (χ2n) is 4.12. The van der Waals surface area contributed by atoms with Gasteiger partial charge in [0, 0.05) is 5.56 Å². The van der Waals surface area contributed by atoms with Crippen LogP contribution < -0.4 is 0 Å². The Morgan fingerprint density at radius 3 is 2.57 bits per heavy atom. The van der Waals surface area contributed by atoms with E-state index in [4.69, 9.17) is 0 Å². The van der Waals surface area contributed by atoms with Gasteiger partial charge in [-0.1, -0.05) is 17.7 Å². The zero-order valence-corrected chi connectivity index (χ0v) is 8.43. The highest BCUT2D eigenvalue weighted by Crippen LogP contribution is 2.49. The number of hydrogen-bond acceptors (Lipinski definition) is 1. The third-order valence-electron chi connectivity index (χ3n) is 3.06. The maximum Gasteiger partial charge on any atom is 0.140 e. The van der Waals surface area contributed by atoms with Gasteiger partial charge in [-0.3, -0.25) is 4.79 Å². The number of Topliss-reactive ketones (excluding diaryl/α,β-unsaturated/α-hetero) is 1. The molecule has 1 aliphatic rings. The molecule has 0 amide bonds. The molecule has 14 heavy (non-hydrogen) atoms. The summed E-state index contributed by atoms with van der Waals surface area (Å²) >= 11 is 0. The van der Waals surface area contributed by atoms with Crippen LogP contribution in [0, 0.1) is 12.7 Å². The molecule has 1 aromatic rings. The third kappa shape index (κ3) is 1.26. The van der Waals surface area contributed by atoms with Crippen LogP contribution in [0.1, 0.15) is 30.9 Å².